The van der Waals surface area contributed by atoms with Crippen LogP contribution in [0.1, 0.15) is 32.9 Å². The Morgan fingerprint density at radius 3 is 3.00 bits per heavy atom. The normalized spacial score (nSPS) is 22.2. The first kappa shape index (κ1) is 8.60. The molecule has 2 rings (SSSR count). The van der Waals surface area contributed by atoms with Gasteiger partial charge >= 0.3 is 0 Å². The van der Waals surface area contributed by atoms with Crippen LogP contribution >= 0.6 is 0 Å². The Morgan fingerprint density at radius 1 is 1.54 bits per heavy atom. The lowest BCUT2D eigenvalue weighted by Crippen LogP contribution is -2.35. The fourth-order valence-electron chi connectivity index (χ4n) is 1.67. The highest BCUT2D eigenvalue weighted by Crippen LogP contribution is 2.32. The molecule has 1 unspecified atom stereocenters. The van der Waals surface area contributed by atoms with Crippen molar-refractivity contribution in [1.29, 1.82) is 0 Å². The van der Waals surface area contributed by atoms with Crippen LogP contribution in [0.2, 0.25) is 0 Å². The number of aromatic nitrogens is 2. The van der Waals surface area contributed by atoms with Crippen LogP contribution in [0, 0.1) is 5.41 Å². The van der Waals surface area contributed by atoms with E-state index in [0.717, 1.165) is 24.4 Å². The molecule has 0 saturated carbocycles. The summed E-state index contributed by atoms with van der Waals surface area (Å²) in [4.78, 5) is 7.24. The molecule has 1 atom stereocenters. The van der Waals surface area contributed by atoms with Crippen molar-refractivity contribution in [1.82, 2.24) is 9.97 Å². The van der Waals surface area contributed by atoms with Gasteiger partial charge in [-0.3, -0.25) is 0 Å². The molecule has 1 aliphatic heterocycles. The second-order valence-corrected chi connectivity index (χ2v) is 4.70. The van der Waals surface area contributed by atoms with E-state index >= 15 is 0 Å². The van der Waals surface area contributed by atoms with E-state index in [1.807, 2.05) is 0 Å². The second kappa shape index (κ2) is 2.76. The molecule has 1 aromatic heterocycles. The number of nitrogens with one attached hydrogen (secondary N) is 1. The van der Waals surface area contributed by atoms with Crippen molar-refractivity contribution in [3.8, 4) is 5.88 Å². The topological polar surface area (TPSA) is 37.9 Å². The fraction of sp³-hybridized carbons (Fsp3) is 0.700. The molecule has 1 aliphatic rings. The smallest absolute Gasteiger partial charge is 0.235 e. The molecule has 0 aromatic carbocycles. The summed E-state index contributed by atoms with van der Waals surface area (Å²) in [6.07, 6.45) is 4.13. The van der Waals surface area contributed by atoms with Gasteiger partial charge in [0.15, 0.2) is 0 Å². The number of hydrogen-bond donors (Lipinski definition) is 1. The SMILES string of the molecule is CC(C)(C)C1CCc2[nH]cnc2O1. The Labute approximate surface area is 78.5 Å². The molecule has 0 bridgehead atoms. The molecular weight excluding hydrogens is 164 g/mol. The van der Waals surface area contributed by atoms with Gasteiger partial charge in [0.1, 0.15) is 6.10 Å². The Morgan fingerprint density at radius 2 is 2.31 bits per heavy atom. The summed E-state index contributed by atoms with van der Waals surface area (Å²) in [7, 11) is 0. The molecule has 1 N–H and O–H groups in total. The molecule has 13 heavy (non-hydrogen) atoms. The summed E-state index contributed by atoms with van der Waals surface area (Å²) in [5.41, 5.74) is 1.34. The number of rotatable bonds is 0. The maximum absolute atomic E-state index is 5.79. The Kier molecular flexibility index (Phi) is 1.82. The summed E-state index contributed by atoms with van der Waals surface area (Å²) in [6.45, 7) is 6.61. The number of hydrogen-bond acceptors (Lipinski definition) is 2. The highest BCUT2D eigenvalue weighted by molar-refractivity contribution is 5.21. The van der Waals surface area contributed by atoms with Gasteiger partial charge in [0.05, 0.1) is 12.0 Å². The summed E-state index contributed by atoms with van der Waals surface area (Å²) in [5.74, 6) is 0.797. The lowest BCUT2D eigenvalue weighted by atomic mass is 9.85. The van der Waals surface area contributed by atoms with E-state index in [4.69, 9.17) is 4.74 Å². The maximum atomic E-state index is 5.79. The minimum atomic E-state index is 0.205. The number of nitrogens with zero attached hydrogens (tertiary/aromatic N) is 1. The van der Waals surface area contributed by atoms with Crippen molar-refractivity contribution in [2.24, 2.45) is 5.41 Å². The molecule has 0 saturated heterocycles. The van der Waals surface area contributed by atoms with Gasteiger partial charge in [-0.25, -0.2) is 4.98 Å². The number of ether oxygens (including phenoxy) is 1. The summed E-state index contributed by atoms with van der Waals surface area (Å²) in [5, 5.41) is 0. The molecule has 2 heterocycles. The third-order valence-corrected chi connectivity index (χ3v) is 2.56. The first-order valence-corrected chi connectivity index (χ1v) is 4.76. The van der Waals surface area contributed by atoms with E-state index in [-0.39, 0.29) is 5.41 Å². The molecule has 1 aromatic rings. The number of H-pyrrole nitrogens is 1. The van der Waals surface area contributed by atoms with E-state index < -0.39 is 0 Å². The van der Waals surface area contributed by atoms with Crippen molar-refractivity contribution in [3.63, 3.8) is 0 Å². The molecule has 0 aliphatic carbocycles. The van der Waals surface area contributed by atoms with Crippen molar-refractivity contribution in [3.05, 3.63) is 12.0 Å². The Balaban J connectivity index is 2.18. The average molecular weight is 180 g/mol. The molecule has 0 amide bonds. The van der Waals surface area contributed by atoms with Crippen molar-refractivity contribution >= 4 is 0 Å². The highest BCUT2D eigenvalue weighted by Gasteiger charge is 2.31. The molecule has 72 valence electrons. The number of aromatic amines is 1. The zero-order valence-corrected chi connectivity index (χ0v) is 8.42. The van der Waals surface area contributed by atoms with E-state index in [2.05, 4.69) is 30.7 Å². The van der Waals surface area contributed by atoms with Gasteiger partial charge in [-0.2, -0.15) is 0 Å². The Bertz CT molecular complexity index is 298. The zero-order valence-electron chi connectivity index (χ0n) is 8.42. The van der Waals surface area contributed by atoms with Crippen molar-refractivity contribution in [2.75, 3.05) is 0 Å². The molecule has 0 spiro atoms. The van der Waals surface area contributed by atoms with Gasteiger partial charge in [-0.1, -0.05) is 20.8 Å². The van der Waals surface area contributed by atoms with Crippen LogP contribution in [0.25, 0.3) is 0 Å². The van der Waals surface area contributed by atoms with Crippen molar-refractivity contribution < 1.29 is 4.74 Å². The average Bonchev–Trinajstić information content (AvgIpc) is 2.47. The molecule has 0 fully saturated rings. The van der Waals surface area contributed by atoms with Gasteiger partial charge in [0.25, 0.3) is 0 Å². The molecule has 0 radical (unpaired) electrons. The quantitative estimate of drug-likeness (QED) is 0.664. The van der Waals surface area contributed by atoms with E-state index in [1.54, 1.807) is 6.33 Å². The third kappa shape index (κ3) is 1.55. The number of aryl methyl sites for hydroxylation is 1. The van der Waals surface area contributed by atoms with Crippen molar-refractivity contribution in [2.45, 2.75) is 39.7 Å². The molecular formula is C10H16N2O. The fourth-order valence-corrected chi connectivity index (χ4v) is 1.67. The van der Waals surface area contributed by atoms with Crippen LogP contribution in [0.15, 0.2) is 6.33 Å². The standard InChI is InChI=1S/C10H16N2O/c1-10(2,3)8-5-4-7-9(13-8)12-6-11-7/h6,8H,4-5H2,1-3H3,(H,11,12). The predicted octanol–water partition coefficient (Wildman–Crippen LogP) is 2.15. The third-order valence-electron chi connectivity index (χ3n) is 2.56. The van der Waals surface area contributed by atoms with E-state index in [1.165, 1.54) is 0 Å². The van der Waals surface area contributed by atoms with Gasteiger partial charge in [-0.05, 0) is 18.3 Å². The minimum absolute atomic E-state index is 0.205. The lowest BCUT2D eigenvalue weighted by Gasteiger charge is -2.33. The van der Waals surface area contributed by atoms with Gasteiger partial charge in [-0.15, -0.1) is 0 Å². The van der Waals surface area contributed by atoms with E-state index in [0.29, 0.717) is 6.10 Å². The molecule has 3 heteroatoms. The zero-order chi connectivity index (χ0) is 9.47. The monoisotopic (exact) mass is 180 g/mol. The van der Waals surface area contributed by atoms with Crippen LogP contribution in [0.3, 0.4) is 0 Å². The summed E-state index contributed by atoms with van der Waals surface area (Å²) < 4.78 is 5.79. The number of fused-ring (bicyclic) bond motifs is 1. The second-order valence-electron chi connectivity index (χ2n) is 4.70. The van der Waals surface area contributed by atoms with Crippen LogP contribution < -0.4 is 4.74 Å². The highest BCUT2D eigenvalue weighted by atomic mass is 16.5. The number of imidazole rings is 1. The van der Waals surface area contributed by atoms with Crippen LogP contribution in [-0.2, 0) is 6.42 Å². The van der Waals surface area contributed by atoms with E-state index in [9.17, 15) is 0 Å². The summed E-state index contributed by atoms with van der Waals surface area (Å²) in [6, 6.07) is 0. The maximum Gasteiger partial charge on any atom is 0.235 e. The first-order valence-electron chi connectivity index (χ1n) is 4.76. The van der Waals surface area contributed by atoms with Gasteiger partial charge in [0, 0.05) is 0 Å². The van der Waals surface area contributed by atoms with Gasteiger partial charge in [0.2, 0.25) is 5.88 Å². The van der Waals surface area contributed by atoms with Crippen LogP contribution in [-0.4, -0.2) is 16.1 Å². The summed E-state index contributed by atoms with van der Waals surface area (Å²) >= 11 is 0. The van der Waals surface area contributed by atoms with Crippen LogP contribution in [0.4, 0.5) is 0 Å². The van der Waals surface area contributed by atoms with Crippen LogP contribution in [0.5, 0.6) is 5.88 Å². The predicted molar refractivity (Wildman–Crippen MR) is 50.8 cm³/mol. The lowest BCUT2D eigenvalue weighted by molar-refractivity contribution is 0.0629. The Hall–Kier alpha value is -0.990. The minimum Gasteiger partial charge on any atom is -0.473 e. The molecule has 3 nitrogen and oxygen atoms in total. The largest absolute Gasteiger partial charge is 0.473 e. The first-order chi connectivity index (χ1) is 6.07. The van der Waals surface area contributed by atoms with Gasteiger partial charge < -0.3 is 9.72 Å².